The highest BCUT2D eigenvalue weighted by Crippen LogP contribution is 2.36. The van der Waals surface area contributed by atoms with Crippen LogP contribution < -0.4 is 0 Å². The molecule has 1 saturated carbocycles. The van der Waals surface area contributed by atoms with Gasteiger partial charge in [0.15, 0.2) is 0 Å². The van der Waals surface area contributed by atoms with E-state index in [-0.39, 0.29) is 29.7 Å². The van der Waals surface area contributed by atoms with E-state index < -0.39 is 0 Å². The third-order valence-corrected chi connectivity index (χ3v) is 5.09. The molecule has 2 aliphatic rings. The van der Waals surface area contributed by atoms with Crippen molar-refractivity contribution in [1.82, 2.24) is 4.90 Å². The fraction of sp³-hybridized carbons (Fsp3) is 0.556. The summed E-state index contributed by atoms with van der Waals surface area (Å²) in [6.07, 6.45) is 5.87. The first-order valence-electron chi connectivity index (χ1n) is 8.09. The van der Waals surface area contributed by atoms with E-state index in [1.807, 2.05) is 30.3 Å². The largest absolute Gasteiger partial charge is 0.279 e. The van der Waals surface area contributed by atoms with Crippen molar-refractivity contribution in [1.29, 1.82) is 0 Å². The summed E-state index contributed by atoms with van der Waals surface area (Å²) in [5, 5.41) is 0. The number of carbonyl (C=O) groups excluding carboxylic acids is 2. The zero-order valence-corrected chi connectivity index (χ0v) is 12.6. The number of likely N-dealkylation sites (tertiary alicyclic amines) is 1. The van der Waals surface area contributed by atoms with E-state index in [0.717, 1.165) is 31.2 Å². The van der Waals surface area contributed by atoms with Crippen molar-refractivity contribution in [3.05, 3.63) is 35.9 Å². The fourth-order valence-electron chi connectivity index (χ4n) is 3.78. The molecule has 0 bridgehead atoms. The normalized spacial score (nSPS) is 25.4. The van der Waals surface area contributed by atoms with Crippen LogP contribution in [0.4, 0.5) is 0 Å². The summed E-state index contributed by atoms with van der Waals surface area (Å²) >= 11 is 0. The third-order valence-electron chi connectivity index (χ3n) is 5.09. The van der Waals surface area contributed by atoms with Gasteiger partial charge in [-0.25, -0.2) is 0 Å². The van der Waals surface area contributed by atoms with E-state index >= 15 is 0 Å². The molecule has 0 aromatic heterocycles. The van der Waals surface area contributed by atoms with Crippen LogP contribution in [-0.4, -0.2) is 22.8 Å². The number of hydrogen-bond donors (Lipinski definition) is 0. The van der Waals surface area contributed by atoms with Crippen molar-refractivity contribution in [2.75, 3.05) is 0 Å². The van der Waals surface area contributed by atoms with Crippen molar-refractivity contribution >= 4 is 11.8 Å². The van der Waals surface area contributed by atoms with Gasteiger partial charge in [-0.1, -0.05) is 56.5 Å². The molecule has 1 aliphatic carbocycles. The summed E-state index contributed by atoms with van der Waals surface area (Å²) < 4.78 is 0. The van der Waals surface area contributed by atoms with E-state index in [0.29, 0.717) is 6.42 Å². The standard InChI is InChI=1S/C18H23NO2/c1-13(14-8-4-2-5-9-14)16-12-17(20)19(18(16)21)15-10-6-3-7-11-15/h2,4-5,8-9,13,15-16H,3,6-7,10-12H2,1H3/t13-,16-/m1/s1. The molecule has 1 aromatic carbocycles. The first-order valence-corrected chi connectivity index (χ1v) is 8.09. The van der Waals surface area contributed by atoms with E-state index in [2.05, 4.69) is 6.92 Å². The quantitative estimate of drug-likeness (QED) is 0.797. The third kappa shape index (κ3) is 2.74. The Labute approximate surface area is 126 Å². The molecule has 1 saturated heterocycles. The number of imide groups is 1. The lowest BCUT2D eigenvalue weighted by Crippen LogP contribution is -2.41. The van der Waals surface area contributed by atoms with Crippen molar-refractivity contribution in [3.8, 4) is 0 Å². The lowest BCUT2D eigenvalue weighted by Gasteiger charge is -2.30. The fourth-order valence-corrected chi connectivity index (χ4v) is 3.78. The molecule has 1 heterocycles. The molecule has 0 spiro atoms. The highest BCUT2D eigenvalue weighted by molar-refractivity contribution is 6.04. The summed E-state index contributed by atoms with van der Waals surface area (Å²) in [5.74, 6) is 0.0287. The molecule has 3 nitrogen and oxygen atoms in total. The molecule has 0 N–H and O–H groups in total. The van der Waals surface area contributed by atoms with E-state index in [1.54, 1.807) is 4.90 Å². The maximum absolute atomic E-state index is 12.7. The maximum Gasteiger partial charge on any atom is 0.233 e. The first-order chi connectivity index (χ1) is 10.2. The second kappa shape index (κ2) is 6.00. The maximum atomic E-state index is 12.7. The highest BCUT2D eigenvalue weighted by Gasteiger charge is 2.44. The zero-order chi connectivity index (χ0) is 14.8. The Morgan fingerprint density at radius 3 is 2.38 bits per heavy atom. The Hall–Kier alpha value is -1.64. The molecule has 1 aromatic rings. The number of hydrogen-bond acceptors (Lipinski definition) is 2. The van der Waals surface area contributed by atoms with Crippen LogP contribution in [0.5, 0.6) is 0 Å². The predicted octanol–water partition coefficient (Wildman–Crippen LogP) is 3.50. The van der Waals surface area contributed by atoms with Gasteiger partial charge in [0.05, 0.1) is 5.92 Å². The Morgan fingerprint density at radius 2 is 1.71 bits per heavy atom. The van der Waals surface area contributed by atoms with Crippen molar-refractivity contribution in [2.24, 2.45) is 5.92 Å². The number of amides is 2. The topological polar surface area (TPSA) is 37.4 Å². The molecule has 1 aliphatic heterocycles. The molecular weight excluding hydrogens is 262 g/mol. The molecule has 2 fully saturated rings. The Kier molecular flexibility index (Phi) is 4.09. The van der Waals surface area contributed by atoms with E-state index in [4.69, 9.17) is 0 Å². The summed E-state index contributed by atoms with van der Waals surface area (Å²) in [6.45, 7) is 2.07. The minimum absolute atomic E-state index is 0.0414. The van der Waals surface area contributed by atoms with E-state index in [9.17, 15) is 9.59 Å². The Bertz CT molecular complexity index is 519. The summed E-state index contributed by atoms with van der Waals surface area (Å²) in [7, 11) is 0. The second-order valence-corrected chi connectivity index (χ2v) is 6.40. The van der Waals surface area contributed by atoms with E-state index in [1.165, 1.54) is 6.42 Å². The molecular formula is C18H23NO2. The number of carbonyl (C=O) groups is 2. The van der Waals surface area contributed by atoms with Crippen LogP contribution in [0, 0.1) is 5.92 Å². The zero-order valence-electron chi connectivity index (χ0n) is 12.6. The number of rotatable bonds is 3. The van der Waals surface area contributed by atoms with Crippen molar-refractivity contribution < 1.29 is 9.59 Å². The molecule has 0 unspecified atom stereocenters. The van der Waals surface area contributed by atoms with Gasteiger partial charge >= 0.3 is 0 Å². The SMILES string of the molecule is C[C@H](c1ccccc1)[C@H]1CC(=O)N(C2CCCCC2)C1=O. The van der Waals surface area contributed by atoms with Crippen LogP contribution in [0.15, 0.2) is 30.3 Å². The van der Waals surface area contributed by atoms with Gasteiger partial charge < -0.3 is 0 Å². The van der Waals surface area contributed by atoms with Gasteiger partial charge in [-0.15, -0.1) is 0 Å². The molecule has 2 amide bonds. The minimum Gasteiger partial charge on any atom is -0.279 e. The summed E-state index contributed by atoms with van der Waals surface area (Å²) in [4.78, 5) is 26.7. The number of nitrogens with zero attached hydrogens (tertiary/aromatic N) is 1. The summed E-state index contributed by atoms with van der Waals surface area (Å²) in [6, 6.07) is 10.2. The molecule has 3 rings (SSSR count). The average Bonchev–Trinajstić information content (AvgIpc) is 2.83. The van der Waals surface area contributed by atoms with Gasteiger partial charge in [0.2, 0.25) is 11.8 Å². The average molecular weight is 285 g/mol. The number of benzene rings is 1. The van der Waals surface area contributed by atoms with Crippen LogP contribution in [-0.2, 0) is 9.59 Å². The monoisotopic (exact) mass is 285 g/mol. The van der Waals surface area contributed by atoms with Crippen LogP contribution >= 0.6 is 0 Å². The van der Waals surface area contributed by atoms with Gasteiger partial charge in [0.25, 0.3) is 0 Å². The van der Waals surface area contributed by atoms with Crippen molar-refractivity contribution in [3.63, 3.8) is 0 Å². The molecule has 2 atom stereocenters. The molecule has 112 valence electrons. The second-order valence-electron chi connectivity index (χ2n) is 6.40. The first kappa shape index (κ1) is 14.3. The molecule has 3 heteroatoms. The van der Waals surface area contributed by atoms with Gasteiger partial charge in [-0.05, 0) is 24.3 Å². The Balaban J connectivity index is 1.76. The molecule has 0 radical (unpaired) electrons. The van der Waals surface area contributed by atoms with Crippen molar-refractivity contribution in [2.45, 2.75) is 57.4 Å². The van der Waals surface area contributed by atoms with Crippen LogP contribution in [0.1, 0.15) is 56.9 Å². The van der Waals surface area contributed by atoms with Gasteiger partial charge in [0, 0.05) is 12.5 Å². The van der Waals surface area contributed by atoms with Gasteiger partial charge in [-0.2, -0.15) is 0 Å². The van der Waals surface area contributed by atoms with Crippen LogP contribution in [0.3, 0.4) is 0 Å². The van der Waals surface area contributed by atoms with Crippen LogP contribution in [0.2, 0.25) is 0 Å². The summed E-state index contributed by atoms with van der Waals surface area (Å²) in [5.41, 5.74) is 1.15. The Morgan fingerprint density at radius 1 is 1.05 bits per heavy atom. The lowest BCUT2D eigenvalue weighted by atomic mass is 9.86. The van der Waals surface area contributed by atoms with Gasteiger partial charge in [0.1, 0.15) is 0 Å². The highest BCUT2D eigenvalue weighted by atomic mass is 16.2. The van der Waals surface area contributed by atoms with Crippen LogP contribution in [0.25, 0.3) is 0 Å². The van der Waals surface area contributed by atoms with Gasteiger partial charge in [-0.3, -0.25) is 14.5 Å². The smallest absolute Gasteiger partial charge is 0.233 e. The predicted molar refractivity (Wildman–Crippen MR) is 81.7 cm³/mol. The molecule has 21 heavy (non-hydrogen) atoms. The minimum atomic E-state index is -0.179. The lowest BCUT2D eigenvalue weighted by molar-refractivity contribution is -0.143.